The van der Waals surface area contributed by atoms with Gasteiger partial charge in [-0.25, -0.2) is 4.79 Å². The lowest BCUT2D eigenvalue weighted by Gasteiger charge is -2.29. The fourth-order valence-electron chi connectivity index (χ4n) is 3.17. The quantitative estimate of drug-likeness (QED) is 0.785. The third-order valence-electron chi connectivity index (χ3n) is 4.62. The zero-order chi connectivity index (χ0) is 19.3. The monoisotopic (exact) mass is 373 g/mol. The number of amides is 1. The Morgan fingerprint density at radius 2 is 1.88 bits per heavy atom. The summed E-state index contributed by atoms with van der Waals surface area (Å²) in [5.41, 5.74) is 1.28. The Balaban J connectivity index is 1.84. The van der Waals surface area contributed by atoms with E-state index < -0.39 is 24.7 Å². The van der Waals surface area contributed by atoms with Crippen LogP contribution in [0.25, 0.3) is 0 Å². The summed E-state index contributed by atoms with van der Waals surface area (Å²) in [5.74, 6) is -2.22. The molecular weight excluding hydrogens is 351 g/mol. The molecule has 1 aromatic rings. The van der Waals surface area contributed by atoms with Crippen molar-refractivity contribution in [3.8, 4) is 5.75 Å². The number of carboxylic acid groups (broad SMARTS) is 1. The first-order valence-corrected chi connectivity index (χ1v) is 8.47. The van der Waals surface area contributed by atoms with Gasteiger partial charge in [0.15, 0.2) is 6.61 Å². The minimum atomic E-state index is -4.14. The summed E-state index contributed by atoms with van der Waals surface area (Å²) in [4.78, 5) is 22.7. The molecule has 0 heterocycles. The molecule has 0 aromatic heterocycles. The van der Waals surface area contributed by atoms with E-state index >= 15 is 0 Å². The van der Waals surface area contributed by atoms with Gasteiger partial charge >= 0.3 is 12.1 Å². The molecule has 0 saturated heterocycles. The van der Waals surface area contributed by atoms with E-state index in [-0.39, 0.29) is 31.1 Å². The summed E-state index contributed by atoms with van der Waals surface area (Å²) in [6, 6.07) is 4.79. The van der Waals surface area contributed by atoms with Gasteiger partial charge in [0.1, 0.15) is 5.75 Å². The number of hydrogen-bond acceptors (Lipinski definition) is 3. The Morgan fingerprint density at radius 3 is 2.42 bits per heavy atom. The van der Waals surface area contributed by atoms with E-state index in [1.165, 1.54) is 0 Å². The van der Waals surface area contributed by atoms with Gasteiger partial charge in [0.25, 0.3) is 0 Å². The second kappa shape index (κ2) is 8.42. The van der Waals surface area contributed by atoms with Crippen molar-refractivity contribution < 1.29 is 32.6 Å². The first-order valence-electron chi connectivity index (χ1n) is 8.47. The second-order valence-corrected chi connectivity index (χ2v) is 6.67. The number of ether oxygens (including phenoxy) is 1. The number of carboxylic acids is 1. The van der Waals surface area contributed by atoms with Crippen molar-refractivity contribution in [1.29, 1.82) is 0 Å². The van der Waals surface area contributed by atoms with E-state index in [2.05, 4.69) is 5.32 Å². The van der Waals surface area contributed by atoms with Crippen LogP contribution in [0.5, 0.6) is 5.75 Å². The molecule has 2 N–H and O–H groups in total. The number of benzene rings is 1. The Morgan fingerprint density at radius 1 is 1.23 bits per heavy atom. The van der Waals surface area contributed by atoms with Gasteiger partial charge in [0, 0.05) is 12.1 Å². The van der Waals surface area contributed by atoms with Crippen molar-refractivity contribution in [3.05, 3.63) is 23.8 Å². The maximum absolute atomic E-state index is 12.7. The van der Waals surface area contributed by atoms with E-state index in [0.29, 0.717) is 29.8 Å². The summed E-state index contributed by atoms with van der Waals surface area (Å²) in [5, 5.41) is 11.3. The van der Waals surface area contributed by atoms with Crippen molar-refractivity contribution in [1.82, 2.24) is 0 Å². The Labute approximate surface area is 149 Å². The zero-order valence-corrected chi connectivity index (χ0v) is 14.4. The van der Waals surface area contributed by atoms with Crippen LogP contribution in [-0.4, -0.2) is 29.8 Å². The van der Waals surface area contributed by atoms with E-state index in [9.17, 15) is 22.8 Å². The summed E-state index contributed by atoms with van der Waals surface area (Å²) in [6.07, 6.45) is -2.99. The minimum absolute atomic E-state index is 0.0351. The van der Waals surface area contributed by atoms with Crippen molar-refractivity contribution in [2.24, 2.45) is 11.8 Å². The first-order chi connectivity index (χ1) is 12.1. The van der Waals surface area contributed by atoms with Crippen LogP contribution in [0.3, 0.4) is 0 Å². The van der Waals surface area contributed by atoms with Crippen LogP contribution in [0.4, 0.5) is 18.9 Å². The smallest absolute Gasteiger partial charge is 0.391 e. The molecule has 2 rings (SSSR count). The number of aryl methyl sites for hydroxylation is 1. The van der Waals surface area contributed by atoms with Crippen molar-refractivity contribution >= 4 is 17.6 Å². The maximum Gasteiger partial charge on any atom is 0.391 e. The first kappa shape index (κ1) is 20.1. The summed E-state index contributed by atoms with van der Waals surface area (Å²) in [7, 11) is 0. The molecule has 1 saturated carbocycles. The third kappa shape index (κ3) is 5.93. The molecule has 8 heteroatoms. The van der Waals surface area contributed by atoms with Gasteiger partial charge < -0.3 is 15.2 Å². The molecule has 0 aliphatic heterocycles. The number of aliphatic carboxylic acids is 1. The highest BCUT2D eigenvalue weighted by atomic mass is 19.4. The highest BCUT2D eigenvalue weighted by Crippen LogP contribution is 2.40. The van der Waals surface area contributed by atoms with Crippen molar-refractivity contribution in [2.45, 2.75) is 45.2 Å². The summed E-state index contributed by atoms with van der Waals surface area (Å²) in [6.45, 7) is 1.30. The van der Waals surface area contributed by atoms with E-state index in [0.717, 1.165) is 0 Å². The lowest BCUT2D eigenvalue weighted by atomic mass is 9.80. The minimum Gasteiger partial charge on any atom is -0.482 e. The van der Waals surface area contributed by atoms with Crippen molar-refractivity contribution in [3.63, 3.8) is 0 Å². The second-order valence-electron chi connectivity index (χ2n) is 6.67. The molecule has 0 spiro atoms. The topological polar surface area (TPSA) is 75.6 Å². The number of rotatable bonds is 6. The molecule has 1 aromatic carbocycles. The lowest BCUT2D eigenvalue weighted by molar-refractivity contribution is -0.184. The van der Waals surface area contributed by atoms with Crippen LogP contribution in [-0.2, 0) is 9.59 Å². The van der Waals surface area contributed by atoms with Gasteiger partial charge in [-0.05, 0) is 62.3 Å². The Hall–Kier alpha value is -2.25. The highest BCUT2D eigenvalue weighted by molar-refractivity contribution is 5.91. The number of halogens is 3. The number of hydrogen-bond donors (Lipinski definition) is 2. The van der Waals surface area contributed by atoms with Gasteiger partial charge in [-0.2, -0.15) is 13.2 Å². The number of alkyl halides is 3. The lowest BCUT2D eigenvalue weighted by Crippen LogP contribution is -2.29. The largest absolute Gasteiger partial charge is 0.482 e. The average Bonchev–Trinajstić information content (AvgIpc) is 2.55. The van der Waals surface area contributed by atoms with Gasteiger partial charge in [-0.3, -0.25) is 4.79 Å². The van der Waals surface area contributed by atoms with Crippen LogP contribution in [0, 0.1) is 18.8 Å². The van der Waals surface area contributed by atoms with Gasteiger partial charge in [-0.15, -0.1) is 0 Å². The van der Waals surface area contributed by atoms with Crippen LogP contribution >= 0.6 is 0 Å². The zero-order valence-electron chi connectivity index (χ0n) is 14.4. The highest BCUT2D eigenvalue weighted by Gasteiger charge is 2.41. The number of nitrogens with one attached hydrogen (secondary N) is 1. The summed E-state index contributed by atoms with van der Waals surface area (Å²) >= 11 is 0. The average molecular weight is 373 g/mol. The van der Waals surface area contributed by atoms with Crippen LogP contribution in [0.15, 0.2) is 18.2 Å². The molecule has 0 radical (unpaired) electrons. The molecule has 5 nitrogen and oxygen atoms in total. The molecule has 1 amide bonds. The van der Waals surface area contributed by atoms with Crippen LogP contribution < -0.4 is 10.1 Å². The molecule has 0 atom stereocenters. The maximum atomic E-state index is 12.7. The molecular formula is C18H22F3NO4. The van der Waals surface area contributed by atoms with Crippen LogP contribution in [0.2, 0.25) is 0 Å². The van der Waals surface area contributed by atoms with Gasteiger partial charge in [0.05, 0.1) is 5.92 Å². The van der Waals surface area contributed by atoms with E-state index in [4.69, 9.17) is 9.84 Å². The molecule has 0 bridgehead atoms. The Bertz CT molecular complexity index is 652. The Kier molecular flexibility index (Phi) is 6.50. The predicted molar refractivity (Wildman–Crippen MR) is 89.1 cm³/mol. The fraction of sp³-hybridized carbons (Fsp3) is 0.556. The standard InChI is InChI=1S/C18H22F3NO4/c1-11-8-14(26-10-17(24)25)6-7-15(11)22-16(23)9-12-2-4-13(5-3-12)18(19,20)21/h6-8,12-13H,2-5,9-10H2,1H3,(H,22,23)(H,24,25). The molecule has 1 fully saturated rings. The molecule has 144 valence electrons. The number of carbonyl (C=O) groups is 2. The molecule has 26 heavy (non-hydrogen) atoms. The number of anilines is 1. The molecule has 1 aliphatic rings. The summed E-state index contributed by atoms with van der Waals surface area (Å²) < 4.78 is 43.1. The van der Waals surface area contributed by atoms with Gasteiger partial charge in [0.2, 0.25) is 5.91 Å². The van der Waals surface area contributed by atoms with Crippen molar-refractivity contribution in [2.75, 3.05) is 11.9 Å². The fourth-order valence-corrected chi connectivity index (χ4v) is 3.17. The predicted octanol–water partition coefficient (Wildman–Crippen LogP) is 4.16. The molecule has 0 unspecified atom stereocenters. The molecule has 1 aliphatic carbocycles. The number of carbonyl (C=O) groups excluding carboxylic acids is 1. The van der Waals surface area contributed by atoms with E-state index in [1.807, 2.05) is 0 Å². The third-order valence-corrected chi connectivity index (χ3v) is 4.62. The van der Waals surface area contributed by atoms with E-state index in [1.54, 1.807) is 25.1 Å². The normalized spacial score (nSPS) is 20.5. The van der Waals surface area contributed by atoms with Crippen LogP contribution in [0.1, 0.15) is 37.7 Å². The van der Waals surface area contributed by atoms with Gasteiger partial charge in [-0.1, -0.05) is 0 Å². The SMILES string of the molecule is Cc1cc(OCC(=O)O)ccc1NC(=O)CC1CCC(C(F)(F)F)CC1.